The summed E-state index contributed by atoms with van der Waals surface area (Å²) in [5.74, 6) is 5.86. The second-order valence-electron chi connectivity index (χ2n) is 4.32. The van der Waals surface area contributed by atoms with E-state index in [-0.39, 0.29) is 0 Å². The van der Waals surface area contributed by atoms with Gasteiger partial charge in [0.15, 0.2) is 0 Å². The third-order valence-corrected chi connectivity index (χ3v) is 2.08. The molecule has 1 N–H and O–H groups in total. The molecule has 0 bridgehead atoms. The van der Waals surface area contributed by atoms with Crippen LogP contribution in [0.4, 0.5) is 0 Å². The zero-order valence-electron chi connectivity index (χ0n) is 10.4. The minimum absolute atomic E-state index is 0.769. The summed E-state index contributed by atoms with van der Waals surface area (Å²) < 4.78 is 0. The molecule has 0 aliphatic heterocycles. The Kier molecular flexibility index (Phi) is 4.75. The van der Waals surface area contributed by atoms with Crippen molar-refractivity contribution < 1.29 is 5.11 Å². The zero-order chi connectivity index (χ0) is 12.7. The van der Waals surface area contributed by atoms with Crippen LogP contribution in [-0.4, -0.2) is 10.7 Å². The quantitative estimate of drug-likeness (QED) is 0.618. The third-order valence-electron chi connectivity index (χ3n) is 2.08. The van der Waals surface area contributed by atoms with E-state index in [4.69, 9.17) is 0 Å². The summed E-state index contributed by atoms with van der Waals surface area (Å²) >= 11 is 0. The molecule has 0 fully saturated rings. The van der Waals surface area contributed by atoms with Crippen molar-refractivity contribution in [2.45, 2.75) is 25.9 Å². The Morgan fingerprint density at radius 3 is 2.53 bits per heavy atom. The van der Waals surface area contributed by atoms with Gasteiger partial charge in [-0.1, -0.05) is 54.3 Å². The number of hydrogen-bond donors (Lipinski definition) is 1. The van der Waals surface area contributed by atoms with Gasteiger partial charge in [0.25, 0.3) is 0 Å². The molecule has 0 saturated heterocycles. The maximum atomic E-state index is 9.62. The Morgan fingerprint density at radius 2 is 2.00 bits per heavy atom. The molecule has 1 aromatic carbocycles. The van der Waals surface area contributed by atoms with E-state index in [1.807, 2.05) is 42.5 Å². The van der Waals surface area contributed by atoms with E-state index >= 15 is 0 Å². The smallest absolute Gasteiger partial charge is 0.120 e. The monoisotopic (exact) mass is 226 g/mol. The van der Waals surface area contributed by atoms with E-state index in [0.717, 1.165) is 17.6 Å². The highest BCUT2D eigenvalue weighted by molar-refractivity contribution is 5.79. The third kappa shape index (κ3) is 5.19. The maximum absolute atomic E-state index is 9.62. The molecule has 0 heterocycles. The summed E-state index contributed by atoms with van der Waals surface area (Å²) in [7, 11) is 0. The number of benzene rings is 1. The molecule has 1 heteroatoms. The van der Waals surface area contributed by atoms with Crippen molar-refractivity contribution in [3.63, 3.8) is 0 Å². The maximum Gasteiger partial charge on any atom is 0.120 e. The fourth-order valence-corrected chi connectivity index (χ4v) is 1.28. The molecule has 17 heavy (non-hydrogen) atoms. The molecular weight excluding hydrogens is 208 g/mol. The molecule has 0 unspecified atom stereocenters. The fraction of sp³-hybridized carbons (Fsp3) is 0.250. The Balaban J connectivity index is 3.05. The molecule has 0 atom stereocenters. The molecule has 1 aromatic rings. The molecule has 0 spiro atoms. The summed E-state index contributed by atoms with van der Waals surface area (Å²) in [6.07, 6.45) is 4.61. The van der Waals surface area contributed by atoms with Gasteiger partial charge in [0.1, 0.15) is 5.60 Å². The van der Waals surface area contributed by atoms with Crippen molar-refractivity contribution >= 4 is 5.57 Å². The van der Waals surface area contributed by atoms with Crippen LogP contribution in [0.2, 0.25) is 0 Å². The van der Waals surface area contributed by atoms with Gasteiger partial charge in [0, 0.05) is 5.57 Å². The first-order valence-electron chi connectivity index (χ1n) is 5.65. The van der Waals surface area contributed by atoms with E-state index in [2.05, 4.69) is 18.4 Å². The van der Waals surface area contributed by atoms with Gasteiger partial charge < -0.3 is 5.11 Å². The number of aliphatic hydroxyl groups is 1. The zero-order valence-corrected chi connectivity index (χ0v) is 10.4. The molecule has 1 rings (SSSR count). The summed E-state index contributed by atoms with van der Waals surface area (Å²) in [4.78, 5) is 0. The lowest BCUT2D eigenvalue weighted by Crippen LogP contribution is -2.14. The number of allylic oxidation sites excluding steroid dienone is 3. The molecular formula is C16H18O. The average molecular weight is 226 g/mol. The largest absolute Gasteiger partial charge is 0.378 e. The van der Waals surface area contributed by atoms with E-state index in [1.54, 1.807) is 13.8 Å². The van der Waals surface area contributed by atoms with Crippen LogP contribution in [0.5, 0.6) is 0 Å². The van der Waals surface area contributed by atoms with E-state index in [0.29, 0.717) is 0 Å². The van der Waals surface area contributed by atoms with Gasteiger partial charge in [-0.05, 0) is 25.8 Å². The highest BCUT2D eigenvalue weighted by Crippen LogP contribution is 2.14. The molecule has 1 nitrogen and oxygen atoms in total. The highest BCUT2D eigenvalue weighted by Gasteiger charge is 2.06. The van der Waals surface area contributed by atoms with Gasteiger partial charge >= 0.3 is 0 Å². The number of rotatable bonds is 3. The Bertz CT molecular complexity index is 450. The van der Waals surface area contributed by atoms with Gasteiger partial charge in [-0.25, -0.2) is 0 Å². The van der Waals surface area contributed by atoms with Crippen molar-refractivity contribution in [1.82, 2.24) is 0 Å². The van der Waals surface area contributed by atoms with E-state index in [9.17, 15) is 5.11 Å². The van der Waals surface area contributed by atoms with E-state index in [1.165, 1.54) is 0 Å². The van der Waals surface area contributed by atoms with Crippen LogP contribution in [0, 0.1) is 11.8 Å². The Labute approximate surface area is 103 Å². The van der Waals surface area contributed by atoms with Crippen molar-refractivity contribution in [3.05, 3.63) is 54.6 Å². The molecule has 0 aromatic heterocycles. The lowest BCUT2D eigenvalue weighted by atomic mass is 10.0. The lowest BCUT2D eigenvalue weighted by molar-refractivity contribution is 0.143. The molecule has 88 valence electrons. The standard InChI is InChI=1S/C16H18O/c1-4-5-9-15(12-13-16(2,3)17)14-10-7-6-8-11-14/h4,6-11,17H,1,5H2,2-3H3/b15-9-. The highest BCUT2D eigenvalue weighted by atomic mass is 16.3. The second-order valence-corrected chi connectivity index (χ2v) is 4.32. The predicted molar refractivity (Wildman–Crippen MR) is 73.3 cm³/mol. The number of hydrogen-bond acceptors (Lipinski definition) is 1. The predicted octanol–water partition coefficient (Wildman–Crippen LogP) is 3.42. The summed E-state index contributed by atoms with van der Waals surface area (Å²) in [6.45, 7) is 7.05. The van der Waals surface area contributed by atoms with Gasteiger partial charge in [-0.2, -0.15) is 0 Å². The first-order valence-corrected chi connectivity index (χ1v) is 5.65. The summed E-state index contributed by atoms with van der Waals surface area (Å²) in [6, 6.07) is 9.94. The summed E-state index contributed by atoms with van der Waals surface area (Å²) in [5, 5.41) is 9.62. The van der Waals surface area contributed by atoms with Gasteiger partial charge in [0.2, 0.25) is 0 Å². The van der Waals surface area contributed by atoms with Gasteiger partial charge in [-0.15, -0.1) is 6.58 Å². The normalized spacial score (nSPS) is 11.6. The molecule has 0 aliphatic carbocycles. The molecule has 0 amide bonds. The van der Waals surface area contributed by atoms with E-state index < -0.39 is 5.60 Å². The van der Waals surface area contributed by atoms with Crippen LogP contribution in [0.3, 0.4) is 0 Å². The van der Waals surface area contributed by atoms with Crippen LogP contribution in [-0.2, 0) is 0 Å². The first kappa shape index (κ1) is 13.3. The average Bonchev–Trinajstić information content (AvgIpc) is 2.29. The fourth-order valence-electron chi connectivity index (χ4n) is 1.28. The SMILES string of the molecule is C=CC/C=C(/C#CC(C)(C)O)c1ccccc1. The Morgan fingerprint density at radius 1 is 1.35 bits per heavy atom. The minimum atomic E-state index is -0.970. The van der Waals surface area contributed by atoms with Crippen LogP contribution in [0.15, 0.2) is 49.1 Å². The van der Waals surface area contributed by atoms with Gasteiger partial charge in [-0.3, -0.25) is 0 Å². The molecule has 0 aliphatic rings. The van der Waals surface area contributed by atoms with Crippen molar-refractivity contribution in [3.8, 4) is 11.8 Å². The van der Waals surface area contributed by atoms with Crippen molar-refractivity contribution in [1.29, 1.82) is 0 Å². The minimum Gasteiger partial charge on any atom is -0.378 e. The van der Waals surface area contributed by atoms with Crippen LogP contribution >= 0.6 is 0 Å². The molecule has 0 saturated carbocycles. The van der Waals surface area contributed by atoms with Gasteiger partial charge in [0.05, 0.1) is 0 Å². The lowest BCUT2D eigenvalue weighted by Gasteiger charge is -2.07. The molecule has 0 radical (unpaired) electrons. The topological polar surface area (TPSA) is 20.2 Å². The van der Waals surface area contributed by atoms with Crippen molar-refractivity contribution in [2.75, 3.05) is 0 Å². The Hall–Kier alpha value is -1.78. The van der Waals surface area contributed by atoms with Crippen LogP contribution < -0.4 is 0 Å². The summed E-state index contributed by atoms with van der Waals surface area (Å²) in [5.41, 5.74) is 1.01. The second kappa shape index (κ2) is 6.08. The van der Waals surface area contributed by atoms with Crippen LogP contribution in [0.1, 0.15) is 25.8 Å². The van der Waals surface area contributed by atoms with Crippen molar-refractivity contribution in [2.24, 2.45) is 0 Å². The van der Waals surface area contributed by atoms with Crippen LogP contribution in [0.25, 0.3) is 5.57 Å². The first-order chi connectivity index (χ1) is 8.03.